The Morgan fingerprint density at radius 3 is 2.38 bits per heavy atom. The van der Waals surface area contributed by atoms with Crippen LogP contribution >= 0.6 is 0 Å². The SMILES string of the molecule is CCCCc1cc(C=C[N+](=O)[O-])c(OCC)cc1OCC. The van der Waals surface area contributed by atoms with Crippen LogP contribution < -0.4 is 9.47 Å². The molecule has 5 heteroatoms. The number of hydrogen-bond donors (Lipinski definition) is 0. The summed E-state index contributed by atoms with van der Waals surface area (Å²) in [6.45, 7) is 7.02. The van der Waals surface area contributed by atoms with E-state index in [1.54, 1.807) is 0 Å². The summed E-state index contributed by atoms with van der Waals surface area (Å²) in [7, 11) is 0. The lowest BCUT2D eigenvalue weighted by atomic mass is 10.0. The van der Waals surface area contributed by atoms with Gasteiger partial charge in [-0.3, -0.25) is 10.1 Å². The standard InChI is InChI=1S/C16H23NO4/c1-4-7-8-13-11-14(9-10-17(18)19)16(21-6-3)12-15(13)20-5-2/h9-12H,4-8H2,1-3H3. The highest BCUT2D eigenvalue weighted by molar-refractivity contribution is 5.61. The summed E-state index contributed by atoms with van der Waals surface area (Å²) in [6.07, 6.45) is 5.42. The van der Waals surface area contributed by atoms with E-state index < -0.39 is 4.92 Å². The van der Waals surface area contributed by atoms with E-state index in [9.17, 15) is 10.1 Å². The van der Waals surface area contributed by atoms with Crippen molar-refractivity contribution >= 4 is 6.08 Å². The van der Waals surface area contributed by atoms with Gasteiger partial charge in [-0.1, -0.05) is 13.3 Å². The Bertz CT molecular complexity index is 497. The van der Waals surface area contributed by atoms with Gasteiger partial charge in [0.05, 0.1) is 18.1 Å². The van der Waals surface area contributed by atoms with Crippen LogP contribution in [0.5, 0.6) is 11.5 Å². The van der Waals surface area contributed by atoms with Gasteiger partial charge in [-0.2, -0.15) is 0 Å². The fourth-order valence-electron chi connectivity index (χ4n) is 2.03. The summed E-state index contributed by atoms with van der Waals surface area (Å²) in [4.78, 5) is 10.0. The zero-order chi connectivity index (χ0) is 15.7. The molecule has 0 aliphatic heterocycles. The minimum atomic E-state index is -0.474. The van der Waals surface area contributed by atoms with E-state index in [2.05, 4.69) is 6.92 Å². The summed E-state index contributed by atoms with van der Waals surface area (Å²) in [5, 5.41) is 10.5. The molecular weight excluding hydrogens is 270 g/mol. The minimum Gasteiger partial charge on any atom is -0.493 e. The van der Waals surface area contributed by atoms with Crippen LogP contribution in [0.1, 0.15) is 44.7 Å². The predicted octanol–water partition coefficient (Wildman–Crippen LogP) is 4.07. The predicted molar refractivity (Wildman–Crippen MR) is 83.4 cm³/mol. The number of aryl methyl sites for hydroxylation is 1. The minimum absolute atomic E-state index is 0.474. The molecule has 0 atom stereocenters. The first-order chi connectivity index (χ1) is 10.1. The van der Waals surface area contributed by atoms with Gasteiger partial charge in [0.1, 0.15) is 11.5 Å². The monoisotopic (exact) mass is 293 g/mol. The summed E-state index contributed by atoms with van der Waals surface area (Å²) in [5.74, 6) is 1.41. The normalized spacial score (nSPS) is 10.8. The van der Waals surface area contributed by atoms with Crippen molar-refractivity contribution in [2.24, 2.45) is 0 Å². The molecule has 0 fully saturated rings. The fourth-order valence-corrected chi connectivity index (χ4v) is 2.03. The van der Waals surface area contributed by atoms with Gasteiger partial charge >= 0.3 is 0 Å². The molecule has 0 bridgehead atoms. The van der Waals surface area contributed by atoms with E-state index >= 15 is 0 Å². The van der Waals surface area contributed by atoms with E-state index in [4.69, 9.17) is 9.47 Å². The van der Waals surface area contributed by atoms with Gasteiger partial charge in [0.25, 0.3) is 0 Å². The Hall–Kier alpha value is -2.04. The molecule has 0 heterocycles. The van der Waals surface area contributed by atoms with E-state index in [-0.39, 0.29) is 0 Å². The molecule has 1 aromatic rings. The second kappa shape index (κ2) is 9.00. The van der Waals surface area contributed by atoms with Crippen molar-refractivity contribution in [1.29, 1.82) is 0 Å². The van der Waals surface area contributed by atoms with Crippen LogP contribution in [-0.2, 0) is 6.42 Å². The second-order valence-electron chi connectivity index (χ2n) is 4.57. The van der Waals surface area contributed by atoms with Crippen molar-refractivity contribution in [3.8, 4) is 11.5 Å². The molecular formula is C16H23NO4. The first kappa shape index (κ1) is 17.0. The van der Waals surface area contributed by atoms with Crippen molar-refractivity contribution in [3.63, 3.8) is 0 Å². The summed E-state index contributed by atoms with van der Waals surface area (Å²) < 4.78 is 11.2. The Balaban J connectivity index is 3.21. The van der Waals surface area contributed by atoms with E-state index in [1.807, 2.05) is 26.0 Å². The lowest BCUT2D eigenvalue weighted by molar-refractivity contribution is -0.400. The molecule has 0 saturated heterocycles. The molecule has 1 rings (SSSR count). The molecule has 0 N–H and O–H groups in total. The zero-order valence-electron chi connectivity index (χ0n) is 12.9. The van der Waals surface area contributed by atoms with Crippen molar-refractivity contribution in [2.75, 3.05) is 13.2 Å². The fraction of sp³-hybridized carbons (Fsp3) is 0.500. The van der Waals surface area contributed by atoms with Gasteiger partial charge in [-0.25, -0.2) is 0 Å². The van der Waals surface area contributed by atoms with Gasteiger partial charge in [0, 0.05) is 17.7 Å². The number of benzene rings is 1. The van der Waals surface area contributed by atoms with Crippen LogP contribution in [0.15, 0.2) is 18.3 Å². The van der Waals surface area contributed by atoms with Crippen molar-refractivity contribution < 1.29 is 14.4 Å². The van der Waals surface area contributed by atoms with Crippen LogP contribution in [0.3, 0.4) is 0 Å². The number of nitro groups is 1. The molecule has 0 aliphatic rings. The van der Waals surface area contributed by atoms with Crippen LogP contribution in [0.25, 0.3) is 6.08 Å². The number of ether oxygens (including phenoxy) is 2. The highest BCUT2D eigenvalue weighted by Gasteiger charge is 2.11. The largest absolute Gasteiger partial charge is 0.493 e. The molecule has 0 radical (unpaired) electrons. The third kappa shape index (κ3) is 5.45. The number of hydrogen-bond acceptors (Lipinski definition) is 4. The summed E-state index contributed by atoms with van der Waals surface area (Å²) >= 11 is 0. The maximum absolute atomic E-state index is 10.5. The number of unbranched alkanes of at least 4 members (excludes halogenated alkanes) is 1. The molecule has 5 nitrogen and oxygen atoms in total. The third-order valence-electron chi connectivity index (χ3n) is 2.97. The molecule has 0 amide bonds. The molecule has 1 aromatic carbocycles. The van der Waals surface area contributed by atoms with Gasteiger partial charge in [-0.05, 0) is 38.3 Å². The van der Waals surface area contributed by atoms with Crippen LogP contribution in [0, 0.1) is 10.1 Å². The number of rotatable bonds is 9. The first-order valence-electron chi connectivity index (χ1n) is 7.36. The molecule has 21 heavy (non-hydrogen) atoms. The van der Waals surface area contributed by atoms with Crippen molar-refractivity contribution in [3.05, 3.63) is 39.6 Å². The molecule has 0 spiro atoms. The number of nitrogens with zero attached hydrogens (tertiary/aromatic N) is 1. The van der Waals surface area contributed by atoms with E-state index in [0.29, 0.717) is 24.5 Å². The maximum Gasteiger partial charge on any atom is 0.235 e. The van der Waals surface area contributed by atoms with E-state index in [1.165, 1.54) is 6.08 Å². The lowest BCUT2D eigenvalue weighted by Crippen LogP contribution is -2.01. The van der Waals surface area contributed by atoms with E-state index in [0.717, 1.165) is 36.8 Å². The quantitative estimate of drug-likeness (QED) is 0.508. The van der Waals surface area contributed by atoms with Crippen molar-refractivity contribution in [2.45, 2.75) is 40.0 Å². The topological polar surface area (TPSA) is 61.6 Å². The Morgan fingerprint density at radius 1 is 1.14 bits per heavy atom. The smallest absolute Gasteiger partial charge is 0.235 e. The van der Waals surface area contributed by atoms with Crippen molar-refractivity contribution in [1.82, 2.24) is 0 Å². The molecule has 0 unspecified atom stereocenters. The third-order valence-corrected chi connectivity index (χ3v) is 2.97. The second-order valence-corrected chi connectivity index (χ2v) is 4.57. The van der Waals surface area contributed by atoms with Crippen LogP contribution in [-0.4, -0.2) is 18.1 Å². The summed E-state index contributed by atoms with van der Waals surface area (Å²) in [6, 6.07) is 3.75. The zero-order valence-corrected chi connectivity index (χ0v) is 12.9. The average molecular weight is 293 g/mol. The average Bonchev–Trinajstić information content (AvgIpc) is 2.45. The maximum atomic E-state index is 10.5. The van der Waals surface area contributed by atoms with Gasteiger partial charge < -0.3 is 9.47 Å². The highest BCUT2D eigenvalue weighted by atomic mass is 16.6. The molecule has 116 valence electrons. The highest BCUT2D eigenvalue weighted by Crippen LogP contribution is 2.31. The van der Waals surface area contributed by atoms with Gasteiger partial charge in [0.2, 0.25) is 6.20 Å². The first-order valence-corrected chi connectivity index (χ1v) is 7.36. The lowest BCUT2D eigenvalue weighted by Gasteiger charge is -2.15. The molecule has 0 saturated carbocycles. The molecule has 0 aromatic heterocycles. The van der Waals surface area contributed by atoms with Gasteiger partial charge in [-0.15, -0.1) is 0 Å². The summed E-state index contributed by atoms with van der Waals surface area (Å²) in [5.41, 5.74) is 1.77. The van der Waals surface area contributed by atoms with Gasteiger partial charge in [0.15, 0.2) is 0 Å². The Labute approximate surface area is 125 Å². The Morgan fingerprint density at radius 2 is 1.81 bits per heavy atom. The Kier molecular flexibility index (Phi) is 7.29. The molecule has 0 aliphatic carbocycles. The van der Waals surface area contributed by atoms with Crippen LogP contribution in [0.2, 0.25) is 0 Å². The van der Waals surface area contributed by atoms with Crippen LogP contribution in [0.4, 0.5) is 0 Å².